The molecular weight excluding hydrogens is 144 g/mol. The van der Waals surface area contributed by atoms with E-state index in [9.17, 15) is 0 Å². The van der Waals surface area contributed by atoms with Crippen molar-refractivity contribution in [3.05, 3.63) is 0 Å². The highest BCUT2D eigenvalue weighted by Gasteiger charge is 2.28. The first-order valence-electron chi connectivity index (χ1n) is 3.50. The van der Waals surface area contributed by atoms with E-state index in [1.165, 1.54) is 0 Å². The molecule has 0 amide bonds. The number of aliphatic imine (C=N–C) groups is 1. The van der Waals surface area contributed by atoms with Crippen molar-refractivity contribution in [2.24, 2.45) is 10.7 Å². The molecule has 0 fully saturated rings. The summed E-state index contributed by atoms with van der Waals surface area (Å²) in [4.78, 5) is 4.31. The van der Waals surface area contributed by atoms with Crippen molar-refractivity contribution < 1.29 is 0 Å². The lowest BCUT2D eigenvalue weighted by Crippen LogP contribution is -2.40. The van der Waals surface area contributed by atoms with Gasteiger partial charge in [-0.25, -0.2) is 0 Å². The van der Waals surface area contributed by atoms with Crippen molar-refractivity contribution in [2.45, 2.75) is 31.6 Å². The number of hydrogen-bond acceptors (Lipinski definition) is 3. The Balaban J connectivity index is 2.78. The minimum absolute atomic E-state index is 0.0620. The molecule has 0 aromatic carbocycles. The van der Waals surface area contributed by atoms with Crippen LogP contribution in [0, 0.1) is 0 Å². The van der Waals surface area contributed by atoms with E-state index in [2.05, 4.69) is 25.8 Å². The van der Waals surface area contributed by atoms with E-state index in [-0.39, 0.29) is 4.75 Å². The van der Waals surface area contributed by atoms with Crippen LogP contribution in [-0.4, -0.2) is 22.4 Å². The van der Waals surface area contributed by atoms with Crippen LogP contribution in [0.4, 0.5) is 0 Å². The lowest BCUT2D eigenvalue weighted by molar-refractivity contribution is 0.787. The summed E-state index contributed by atoms with van der Waals surface area (Å²) in [6.45, 7) is 6.32. The van der Waals surface area contributed by atoms with Crippen LogP contribution in [0.1, 0.15) is 20.8 Å². The van der Waals surface area contributed by atoms with Crippen molar-refractivity contribution in [1.29, 1.82) is 0 Å². The first kappa shape index (κ1) is 7.92. The van der Waals surface area contributed by atoms with Gasteiger partial charge in [0.15, 0.2) is 0 Å². The van der Waals surface area contributed by atoms with E-state index in [1.54, 1.807) is 0 Å². The van der Waals surface area contributed by atoms with Crippen LogP contribution in [0.25, 0.3) is 0 Å². The summed E-state index contributed by atoms with van der Waals surface area (Å²) < 4.78 is 0.0620. The topological polar surface area (TPSA) is 38.4 Å². The van der Waals surface area contributed by atoms with Crippen molar-refractivity contribution in [1.82, 2.24) is 0 Å². The Morgan fingerprint density at radius 2 is 2.30 bits per heavy atom. The van der Waals surface area contributed by atoms with Gasteiger partial charge in [0.1, 0.15) is 5.84 Å². The molecule has 1 atom stereocenters. The van der Waals surface area contributed by atoms with Crippen LogP contribution in [-0.2, 0) is 0 Å². The molecule has 58 valence electrons. The molecule has 0 saturated heterocycles. The third-order valence-corrected chi connectivity index (χ3v) is 3.24. The van der Waals surface area contributed by atoms with Crippen molar-refractivity contribution in [3.63, 3.8) is 0 Å². The van der Waals surface area contributed by atoms with Gasteiger partial charge >= 0.3 is 0 Å². The maximum absolute atomic E-state index is 5.73. The quantitative estimate of drug-likeness (QED) is 0.576. The molecule has 0 radical (unpaired) electrons. The van der Waals surface area contributed by atoms with Gasteiger partial charge in [0.05, 0.1) is 10.8 Å². The third-order valence-electron chi connectivity index (χ3n) is 1.66. The normalized spacial score (nSPS) is 31.5. The molecule has 2 nitrogen and oxygen atoms in total. The minimum atomic E-state index is 0.0620. The number of rotatable bonds is 0. The van der Waals surface area contributed by atoms with Crippen LogP contribution >= 0.6 is 11.8 Å². The number of hydrogen-bond donors (Lipinski definition) is 1. The summed E-state index contributed by atoms with van der Waals surface area (Å²) in [7, 11) is 0. The van der Waals surface area contributed by atoms with Gasteiger partial charge < -0.3 is 5.73 Å². The second kappa shape index (κ2) is 2.46. The molecule has 1 unspecified atom stereocenters. The fourth-order valence-electron chi connectivity index (χ4n) is 0.833. The maximum atomic E-state index is 5.73. The molecule has 0 aromatic rings. The summed E-state index contributed by atoms with van der Waals surface area (Å²) in [6.07, 6.45) is 0. The van der Waals surface area contributed by atoms with Gasteiger partial charge in [0.2, 0.25) is 0 Å². The van der Waals surface area contributed by atoms with E-state index >= 15 is 0 Å². The fourth-order valence-corrected chi connectivity index (χ4v) is 1.77. The molecule has 1 heterocycles. The highest BCUT2D eigenvalue weighted by atomic mass is 32.2. The summed E-state index contributed by atoms with van der Waals surface area (Å²) in [6, 6.07) is 0.401. The Labute approximate surface area is 66.3 Å². The van der Waals surface area contributed by atoms with Gasteiger partial charge in [-0.3, -0.25) is 4.99 Å². The van der Waals surface area contributed by atoms with E-state index in [4.69, 9.17) is 5.73 Å². The van der Waals surface area contributed by atoms with E-state index in [0.29, 0.717) is 6.04 Å². The molecular formula is C7H14N2S. The fraction of sp³-hybridized carbons (Fsp3) is 0.857. The highest BCUT2D eigenvalue weighted by Crippen LogP contribution is 2.29. The van der Waals surface area contributed by atoms with Gasteiger partial charge in [-0.1, -0.05) is 0 Å². The summed E-state index contributed by atoms with van der Waals surface area (Å²) in [5.74, 6) is 1.88. The second-order valence-corrected chi connectivity index (χ2v) is 4.83. The smallest absolute Gasteiger partial charge is 0.110 e. The standard InChI is InChI=1S/C7H14N2S/c1-5-4-10-7(2,3)6(8)9-5/h5H,4H2,1-3H3,(H2,8,9). The molecule has 0 bridgehead atoms. The van der Waals surface area contributed by atoms with E-state index in [0.717, 1.165) is 11.6 Å². The molecule has 0 saturated carbocycles. The minimum Gasteiger partial charge on any atom is -0.386 e. The molecule has 3 heteroatoms. The highest BCUT2D eigenvalue weighted by molar-refractivity contribution is 8.01. The van der Waals surface area contributed by atoms with Gasteiger partial charge in [-0.15, -0.1) is 11.8 Å². The largest absolute Gasteiger partial charge is 0.386 e. The lowest BCUT2D eigenvalue weighted by Gasteiger charge is -2.29. The van der Waals surface area contributed by atoms with E-state index in [1.807, 2.05) is 11.8 Å². The molecule has 0 aromatic heterocycles. The number of nitrogens with zero attached hydrogens (tertiary/aromatic N) is 1. The maximum Gasteiger partial charge on any atom is 0.110 e. The third kappa shape index (κ3) is 1.45. The average Bonchev–Trinajstić information content (AvgIpc) is 1.81. The zero-order valence-electron chi connectivity index (χ0n) is 6.72. The average molecular weight is 158 g/mol. The lowest BCUT2D eigenvalue weighted by atomic mass is 10.2. The summed E-state index contributed by atoms with van der Waals surface area (Å²) in [5, 5.41) is 0. The molecule has 0 aliphatic carbocycles. The van der Waals surface area contributed by atoms with Crippen LogP contribution in [0.3, 0.4) is 0 Å². The van der Waals surface area contributed by atoms with Gasteiger partial charge in [-0.2, -0.15) is 0 Å². The van der Waals surface area contributed by atoms with Gasteiger partial charge in [0.25, 0.3) is 0 Å². The van der Waals surface area contributed by atoms with Crippen molar-refractivity contribution >= 4 is 17.6 Å². The Hall–Kier alpha value is -0.180. The summed E-state index contributed by atoms with van der Waals surface area (Å²) >= 11 is 1.88. The molecule has 1 aliphatic rings. The monoisotopic (exact) mass is 158 g/mol. The second-order valence-electron chi connectivity index (χ2n) is 3.18. The predicted molar refractivity (Wildman–Crippen MR) is 47.6 cm³/mol. The summed E-state index contributed by atoms with van der Waals surface area (Å²) in [5.41, 5.74) is 5.73. The predicted octanol–water partition coefficient (Wildman–Crippen LogP) is 1.26. The SMILES string of the molecule is CC1CSC(C)(C)C(N)=N1. The zero-order valence-corrected chi connectivity index (χ0v) is 7.53. The molecule has 1 aliphatic heterocycles. The zero-order chi connectivity index (χ0) is 7.78. The number of thioether (sulfide) groups is 1. The number of amidine groups is 1. The van der Waals surface area contributed by atoms with Crippen LogP contribution in [0.2, 0.25) is 0 Å². The van der Waals surface area contributed by atoms with Crippen LogP contribution < -0.4 is 5.73 Å². The Bertz CT molecular complexity index is 163. The van der Waals surface area contributed by atoms with Gasteiger partial charge in [-0.05, 0) is 20.8 Å². The van der Waals surface area contributed by atoms with Crippen LogP contribution in [0.5, 0.6) is 0 Å². The van der Waals surface area contributed by atoms with Crippen molar-refractivity contribution in [3.8, 4) is 0 Å². The Kier molecular flexibility index (Phi) is 1.95. The first-order valence-corrected chi connectivity index (χ1v) is 4.48. The van der Waals surface area contributed by atoms with Crippen molar-refractivity contribution in [2.75, 3.05) is 5.75 Å². The Morgan fingerprint density at radius 3 is 2.70 bits per heavy atom. The van der Waals surface area contributed by atoms with Gasteiger partial charge in [0, 0.05) is 5.75 Å². The molecule has 2 N–H and O–H groups in total. The van der Waals surface area contributed by atoms with Crippen LogP contribution in [0.15, 0.2) is 4.99 Å². The molecule has 0 spiro atoms. The van der Waals surface area contributed by atoms with E-state index < -0.39 is 0 Å². The number of nitrogens with two attached hydrogens (primary N) is 1. The Morgan fingerprint density at radius 1 is 1.70 bits per heavy atom. The molecule has 10 heavy (non-hydrogen) atoms. The molecule has 1 rings (SSSR count). The first-order chi connectivity index (χ1) is 4.52.